The Kier molecular flexibility index (Phi) is 7.06. The predicted octanol–water partition coefficient (Wildman–Crippen LogP) is 3.33. The second-order valence-electron chi connectivity index (χ2n) is 7.70. The van der Waals surface area contributed by atoms with Crippen LogP contribution in [0.5, 0.6) is 0 Å². The van der Waals surface area contributed by atoms with Crippen LogP contribution < -0.4 is 0 Å². The van der Waals surface area contributed by atoms with Crippen LogP contribution in [0.25, 0.3) is 0 Å². The van der Waals surface area contributed by atoms with E-state index in [1.165, 1.54) is 12.1 Å². The third-order valence-electron chi connectivity index (χ3n) is 5.61. The fraction of sp³-hybridized carbons (Fsp3) is 0.571. The lowest BCUT2D eigenvalue weighted by Gasteiger charge is -2.38. The first-order valence-electron chi connectivity index (χ1n) is 10.0. The van der Waals surface area contributed by atoms with Crippen molar-refractivity contribution in [3.63, 3.8) is 0 Å². The van der Waals surface area contributed by atoms with Crippen molar-refractivity contribution in [2.24, 2.45) is 5.92 Å². The first-order valence-corrected chi connectivity index (χ1v) is 10.0. The monoisotopic (exact) mass is 407 g/mol. The van der Waals surface area contributed by atoms with E-state index in [1.54, 1.807) is 17.0 Å². The van der Waals surface area contributed by atoms with E-state index in [0.29, 0.717) is 19.5 Å². The second kappa shape index (κ2) is 9.71. The van der Waals surface area contributed by atoms with Gasteiger partial charge < -0.3 is 19.5 Å². The van der Waals surface area contributed by atoms with Gasteiger partial charge in [0.15, 0.2) is 0 Å². The zero-order chi connectivity index (χ0) is 20.8. The number of hydrogen-bond acceptors (Lipinski definition) is 5. The molecule has 8 heteroatoms. The van der Waals surface area contributed by atoms with Crippen molar-refractivity contribution in [3.05, 3.63) is 35.6 Å². The van der Waals surface area contributed by atoms with Crippen molar-refractivity contribution >= 4 is 18.0 Å². The minimum Gasteiger partial charge on any atom is -0.481 e. The molecular formula is C21H26FNO6. The average Bonchev–Trinajstić information content (AvgIpc) is 3.19. The zero-order valence-electron chi connectivity index (χ0n) is 16.2. The molecule has 2 atom stereocenters. The van der Waals surface area contributed by atoms with Gasteiger partial charge in [-0.2, -0.15) is 0 Å². The van der Waals surface area contributed by atoms with Crippen molar-refractivity contribution < 1.29 is 33.4 Å². The van der Waals surface area contributed by atoms with Crippen LogP contribution in [0.1, 0.15) is 50.0 Å². The number of rotatable bonds is 6. The molecule has 29 heavy (non-hydrogen) atoms. The van der Waals surface area contributed by atoms with Crippen molar-refractivity contribution in [2.45, 2.75) is 50.5 Å². The Morgan fingerprint density at radius 1 is 1.10 bits per heavy atom. The van der Waals surface area contributed by atoms with Crippen LogP contribution in [0.2, 0.25) is 0 Å². The molecule has 1 aromatic carbocycles. The Morgan fingerprint density at radius 3 is 2.45 bits per heavy atom. The molecule has 0 radical (unpaired) electrons. The molecule has 2 aliphatic rings. The van der Waals surface area contributed by atoms with Crippen molar-refractivity contribution in [2.75, 3.05) is 19.7 Å². The lowest BCUT2D eigenvalue weighted by molar-refractivity contribution is -0.152. The summed E-state index contributed by atoms with van der Waals surface area (Å²) < 4.78 is 24.0. The summed E-state index contributed by atoms with van der Waals surface area (Å²) in [5, 5.41) is 8.72. The molecule has 1 saturated heterocycles. The van der Waals surface area contributed by atoms with Crippen molar-refractivity contribution in [1.82, 2.24) is 4.90 Å². The zero-order valence-corrected chi connectivity index (χ0v) is 16.2. The summed E-state index contributed by atoms with van der Waals surface area (Å²) in [6, 6.07) is 6.14. The molecule has 7 nitrogen and oxygen atoms in total. The van der Waals surface area contributed by atoms with Gasteiger partial charge >= 0.3 is 18.0 Å². The number of amides is 1. The summed E-state index contributed by atoms with van der Waals surface area (Å²) in [4.78, 5) is 36.5. The third-order valence-corrected chi connectivity index (χ3v) is 5.61. The number of carbonyl (C=O) groups excluding carboxylic acids is 2. The number of piperidine rings is 1. The molecule has 1 amide bonds. The minimum atomic E-state index is -1.25. The van der Waals surface area contributed by atoms with Gasteiger partial charge in [0.05, 0.1) is 6.61 Å². The van der Waals surface area contributed by atoms with E-state index < -0.39 is 18.4 Å². The molecule has 3 rings (SSSR count). The molecule has 1 aliphatic heterocycles. The maximum atomic E-state index is 13.3. The molecule has 2 fully saturated rings. The minimum absolute atomic E-state index is 0.0125. The second-order valence-corrected chi connectivity index (χ2v) is 7.70. The van der Waals surface area contributed by atoms with Gasteiger partial charge in [-0.25, -0.2) is 9.18 Å². The molecule has 1 heterocycles. The highest BCUT2D eigenvalue weighted by Gasteiger charge is 2.35. The smallest absolute Gasteiger partial charge is 0.410 e. The van der Waals surface area contributed by atoms with Crippen molar-refractivity contribution in [3.8, 4) is 0 Å². The standard InChI is InChI=1S/C21H26FNO6/c22-16-7-5-14(6-8-16)18-9-10-23(21(27)29-17-3-1-2-4-17)12-15(18)13-28-20(26)11-19(24)25/h5-8,15,17-18H,1-4,9-13H2,(H,24,25)/t15-,18-/m0/s1. The Balaban J connectivity index is 1.66. The SMILES string of the molecule is O=C(O)CC(=O)OC[C@@H]1CN(C(=O)OC2CCCC2)CC[C@H]1c1ccc(F)cc1. The fourth-order valence-electron chi connectivity index (χ4n) is 4.11. The molecule has 0 bridgehead atoms. The Bertz CT molecular complexity index is 731. The predicted molar refractivity (Wildman–Crippen MR) is 101 cm³/mol. The first-order chi connectivity index (χ1) is 13.9. The topological polar surface area (TPSA) is 93.1 Å². The number of carboxylic acid groups (broad SMARTS) is 1. The van der Waals surface area contributed by atoms with Gasteiger partial charge in [-0.15, -0.1) is 0 Å². The number of ether oxygens (including phenoxy) is 2. The van der Waals surface area contributed by atoms with E-state index in [1.807, 2.05) is 0 Å². The van der Waals surface area contributed by atoms with Crippen LogP contribution in [0.15, 0.2) is 24.3 Å². The van der Waals surface area contributed by atoms with Gasteiger partial charge in [0.2, 0.25) is 0 Å². The van der Waals surface area contributed by atoms with Crippen LogP contribution >= 0.6 is 0 Å². The average molecular weight is 407 g/mol. The number of carboxylic acids is 1. The van der Waals surface area contributed by atoms with E-state index >= 15 is 0 Å². The molecule has 1 saturated carbocycles. The maximum Gasteiger partial charge on any atom is 0.410 e. The summed E-state index contributed by atoms with van der Waals surface area (Å²) in [5.74, 6) is -2.68. The summed E-state index contributed by atoms with van der Waals surface area (Å²) in [6.45, 7) is 0.808. The molecular weight excluding hydrogens is 381 g/mol. The van der Waals surface area contributed by atoms with Gasteiger partial charge in [-0.05, 0) is 55.7 Å². The lowest BCUT2D eigenvalue weighted by atomic mass is 9.81. The molecule has 1 aliphatic carbocycles. The van der Waals surface area contributed by atoms with Crippen LogP contribution in [0.3, 0.4) is 0 Å². The molecule has 158 valence electrons. The largest absolute Gasteiger partial charge is 0.481 e. The van der Waals surface area contributed by atoms with E-state index in [0.717, 1.165) is 31.2 Å². The van der Waals surface area contributed by atoms with E-state index in [-0.39, 0.29) is 36.5 Å². The van der Waals surface area contributed by atoms with Crippen LogP contribution in [-0.2, 0) is 19.1 Å². The highest BCUT2D eigenvalue weighted by Crippen LogP contribution is 2.34. The Morgan fingerprint density at radius 2 is 1.79 bits per heavy atom. The summed E-state index contributed by atoms with van der Waals surface area (Å²) in [5.41, 5.74) is 0.898. The van der Waals surface area contributed by atoms with E-state index in [2.05, 4.69) is 0 Å². The summed E-state index contributed by atoms with van der Waals surface area (Å²) >= 11 is 0. The summed E-state index contributed by atoms with van der Waals surface area (Å²) in [7, 11) is 0. The third kappa shape index (κ3) is 5.92. The first kappa shape index (κ1) is 21.1. The number of carbonyl (C=O) groups is 3. The van der Waals surface area contributed by atoms with E-state index in [4.69, 9.17) is 14.6 Å². The lowest BCUT2D eigenvalue weighted by Crippen LogP contribution is -2.45. The normalized spacial score (nSPS) is 22.3. The van der Waals surface area contributed by atoms with Gasteiger partial charge in [-0.3, -0.25) is 9.59 Å². The summed E-state index contributed by atoms with van der Waals surface area (Å²) in [6.07, 6.45) is 3.40. The number of nitrogens with zero attached hydrogens (tertiary/aromatic N) is 1. The molecule has 0 spiro atoms. The highest BCUT2D eigenvalue weighted by molar-refractivity contribution is 5.90. The molecule has 1 aromatic rings. The Hall–Kier alpha value is -2.64. The number of likely N-dealkylation sites (tertiary alicyclic amines) is 1. The number of hydrogen-bond donors (Lipinski definition) is 1. The molecule has 1 N–H and O–H groups in total. The van der Waals surface area contributed by atoms with Crippen LogP contribution in [0, 0.1) is 11.7 Å². The number of aliphatic carboxylic acids is 1. The van der Waals surface area contributed by atoms with Gasteiger partial charge in [0.1, 0.15) is 18.3 Å². The van der Waals surface area contributed by atoms with Crippen LogP contribution in [-0.4, -0.2) is 53.8 Å². The van der Waals surface area contributed by atoms with Crippen LogP contribution in [0.4, 0.5) is 9.18 Å². The molecule has 0 aromatic heterocycles. The van der Waals surface area contributed by atoms with Crippen molar-refractivity contribution in [1.29, 1.82) is 0 Å². The van der Waals surface area contributed by atoms with E-state index in [9.17, 15) is 18.8 Å². The fourth-order valence-corrected chi connectivity index (χ4v) is 4.11. The van der Waals surface area contributed by atoms with Gasteiger partial charge in [-0.1, -0.05) is 12.1 Å². The molecule has 0 unspecified atom stereocenters. The van der Waals surface area contributed by atoms with Gasteiger partial charge in [0, 0.05) is 19.0 Å². The maximum absolute atomic E-state index is 13.3. The number of benzene rings is 1. The van der Waals surface area contributed by atoms with Gasteiger partial charge in [0.25, 0.3) is 0 Å². The quantitative estimate of drug-likeness (QED) is 0.574. The number of esters is 1. The Labute approximate surface area is 168 Å². The highest BCUT2D eigenvalue weighted by atomic mass is 19.1. The number of halogens is 1.